The lowest BCUT2D eigenvalue weighted by molar-refractivity contribution is 0.0951. The van der Waals surface area contributed by atoms with Crippen molar-refractivity contribution in [3.05, 3.63) is 34.1 Å². The molecule has 1 unspecified atom stereocenters. The predicted molar refractivity (Wildman–Crippen MR) is 60.1 cm³/mol. The van der Waals surface area contributed by atoms with Gasteiger partial charge >= 0.3 is 0 Å². The number of hydrogen-bond acceptors (Lipinski definition) is 2. The second-order valence-corrected chi connectivity index (χ2v) is 4.26. The lowest BCUT2D eigenvalue weighted by Gasteiger charge is -2.07. The van der Waals surface area contributed by atoms with Crippen LogP contribution in [0, 0.1) is 5.82 Å². The van der Waals surface area contributed by atoms with Crippen molar-refractivity contribution in [2.75, 3.05) is 6.54 Å². The normalized spacial score (nSPS) is 12.3. The molecule has 0 saturated carbocycles. The number of carbonyl (C=O) groups is 1. The van der Waals surface area contributed by atoms with Crippen LogP contribution in [0.2, 0.25) is 0 Å². The number of amides is 1. The van der Waals surface area contributed by atoms with Crippen LogP contribution in [0.25, 0.3) is 0 Å². The Labute approximate surface area is 96.0 Å². The number of nitrogens with two attached hydrogens (primary N) is 1. The summed E-state index contributed by atoms with van der Waals surface area (Å²) in [5, 5.41) is 2.60. The smallest absolute Gasteiger partial charge is 0.251 e. The summed E-state index contributed by atoms with van der Waals surface area (Å²) < 4.78 is 13.5. The molecule has 5 heteroatoms. The Morgan fingerprint density at radius 2 is 2.27 bits per heavy atom. The molecule has 0 aliphatic heterocycles. The molecule has 1 rings (SSSR count). The lowest BCUT2D eigenvalue weighted by Crippen LogP contribution is -2.35. The molecule has 1 aromatic carbocycles. The van der Waals surface area contributed by atoms with Gasteiger partial charge in [0.1, 0.15) is 5.82 Å². The molecule has 1 aromatic rings. The monoisotopic (exact) mass is 274 g/mol. The fourth-order valence-electron chi connectivity index (χ4n) is 1.04. The van der Waals surface area contributed by atoms with E-state index in [1.165, 1.54) is 12.1 Å². The SMILES string of the molecule is CC(N)CNC(=O)c1cc(F)cc(Br)c1. The van der Waals surface area contributed by atoms with Gasteiger partial charge in [0.05, 0.1) is 0 Å². The number of benzene rings is 1. The molecule has 0 bridgehead atoms. The highest BCUT2D eigenvalue weighted by atomic mass is 79.9. The van der Waals surface area contributed by atoms with Crippen molar-refractivity contribution in [3.63, 3.8) is 0 Å². The van der Waals surface area contributed by atoms with Crippen molar-refractivity contribution in [2.24, 2.45) is 5.73 Å². The van der Waals surface area contributed by atoms with Gasteiger partial charge in [-0.1, -0.05) is 15.9 Å². The Balaban J connectivity index is 2.73. The number of halogens is 2. The van der Waals surface area contributed by atoms with Crippen LogP contribution in [0.4, 0.5) is 4.39 Å². The summed E-state index contributed by atoms with van der Waals surface area (Å²) in [5.74, 6) is -0.775. The average molecular weight is 275 g/mol. The highest BCUT2D eigenvalue weighted by molar-refractivity contribution is 9.10. The maximum Gasteiger partial charge on any atom is 0.251 e. The standard InChI is InChI=1S/C10H12BrFN2O/c1-6(13)5-14-10(15)7-2-8(11)4-9(12)3-7/h2-4,6H,5,13H2,1H3,(H,14,15). The zero-order valence-corrected chi connectivity index (χ0v) is 9.84. The van der Waals surface area contributed by atoms with Crippen LogP contribution >= 0.6 is 15.9 Å². The van der Waals surface area contributed by atoms with E-state index >= 15 is 0 Å². The Kier molecular flexibility index (Phi) is 4.23. The van der Waals surface area contributed by atoms with Gasteiger partial charge in [-0.2, -0.15) is 0 Å². The topological polar surface area (TPSA) is 55.1 Å². The molecule has 1 amide bonds. The third-order valence-electron chi connectivity index (χ3n) is 1.71. The maximum absolute atomic E-state index is 13.0. The molecule has 1 atom stereocenters. The number of hydrogen-bond donors (Lipinski definition) is 2. The molecule has 0 spiro atoms. The first-order valence-electron chi connectivity index (χ1n) is 4.49. The highest BCUT2D eigenvalue weighted by Crippen LogP contribution is 2.14. The van der Waals surface area contributed by atoms with E-state index in [-0.39, 0.29) is 17.5 Å². The van der Waals surface area contributed by atoms with Gasteiger partial charge < -0.3 is 11.1 Å². The number of carbonyl (C=O) groups excluding carboxylic acids is 1. The van der Waals surface area contributed by atoms with Crippen LogP contribution in [0.1, 0.15) is 17.3 Å². The fourth-order valence-corrected chi connectivity index (χ4v) is 1.51. The minimum atomic E-state index is -0.449. The molecule has 0 aliphatic carbocycles. The first kappa shape index (κ1) is 12.1. The van der Waals surface area contributed by atoms with E-state index in [1.54, 1.807) is 13.0 Å². The maximum atomic E-state index is 13.0. The third-order valence-corrected chi connectivity index (χ3v) is 2.17. The summed E-state index contributed by atoms with van der Waals surface area (Å²) in [4.78, 5) is 11.5. The van der Waals surface area contributed by atoms with Gasteiger partial charge in [0, 0.05) is 22.6 Å². The van der Waals surface area contributed by atoms with Gasteiger partial charge in [0.15, 0.2) is 0 Å². The highest BCUT2D eigenvalue weighted by Gasteiger charge is 2.08. The van der Waals surface area contributed by atoms with E-state index in [4.69, 9.17) is 5.73 Å². The van der Waals surface area contributed by atoms with Gasteiger partial charge in [-0.25, -0.2) is 4.39 Å². The van der Waals surface area contributed by atoms with Gasteiger partial charge in [-0.3, -0.25) is 4.79 Å². The average Bonchev–Trinajstić information content (AvgIpc) is 2.12. The van der Waals surface area contributed by atoms with E-state index in [9.17, 15) is 9.18 Å². The first-order valence-corrected chi connectivity index (χ1v) is 5.28. The van der Waals surface area contributed by atoms with Crippen LogP contribution in [-0.2, 0) is 0 Å². The van der Waals surface area contributed by atoms with Gasteiger partial charge in [0.25, 0.3) is 5.91 Å². The fraction of sp³-hybridized carbons (Fsp3) is 0.300. The first-order chi connectivity index (χ1) is 6.99. The minimum Gasteiger partial charge on any atom is -0.350 e. The molecule has 3 nitrogen and oxygen atoms in total. The molecule has 0 aliphatic rings. The van der Waals surface area contributed by atoms with E-state index in [2.05, 4.69) is 21.2 Å². The summed E-state index contributed by atoms with van der Waals surface area (Å²) >= 11 is 3.12. The summed E-state index contributed by atoms with van der Waals surface area (Å²) in [5.41, 5.74) is 5.76. The molecule has 15 heavy (non-hydrogen) atoms. The molecular weight excluding hydrogens is 263 g/mol. The minimum absolute atomic E-state index is 0.119. The zero-order valence-electron chi connectivity index (χ0n) is 8.26. The van der Waals surface area contributed by atoms with Crippen molar-refractivity contribution in [3.8, 4) is 0 Å². The van der Waals surface area contributed by atoms with E-state index < -0.39 is 5.82 Å². The van der Waals surface area contributed by atoms with Crippen molar-refractivity contribution in [2.45, 2.75) is 13.0 Å². The predicted octanol–water partition coefficient (Wildman–Crippen LogP) is 1.67. The Morgan fingerprint density at radius 3 is 2.80 bits per heavy atom. The third kappa shape index (κ3) is 3.97. The quantitative estimate of drug-likeness (QED) is 0.881. The van der Waals surface area contributed by atoms with Crippen molar-refractivity contribution in [1.82, 2.24) is 5.32 Å². The van der Waals surface area contributed by atoms with Crippen molar-refractivity contribution >= 4 is 21.8 Å². The van der Waals surface area contributed by atoms with Gasteiger partial charge in [-0.05, 0) is 25.1 Å². The van der Waals surface area contributed by atoms with Gasteiger partial charge in [0.2, 0.25) is 0 Å². The summed E-state index contributed by atoms with van der Waals surface area (Å²) in [6.07, 6.45) is 0. The number of rotatable bonds is 3. The van der Waals surface area contributed by atoms with Gasteiger partial charge in [-0.15, -0.1) is 0 Å². The summed E-state index contributed by atoms with van der Waals surface area (Å²) in [7, 11) is 0. The molecule has 0 radical (unpaired) electrons. The molecule has 0 aromatic heterocycles. The molecular formula is C10H12BrFN2O. The Hall–Kier alpha value is -0.940. The van der Waals surface area contributed by atoms with Crippen LogP contribution in [0.15, 0.2) is 22.7 Å². The van der Waals surface area contributed by atoms with Crippen LogP contribution in [0.5, 0.6) is 0 Å². The second kappa shape index (κ2) is 5.23. The molecule has 3 N–H and O–H groups in total. The van der Waals surface area contributed by atoms with E-state index in [0.717, 1.165) is 0 Å². The molecule has 82 valence electrons. The van der Waals surface area contributed by atoms with Crippen LogP contribution < -0.4 is 11.1 Å². The second-order valence-electron chi connectivity index (χ2n) is 3.35. The molecule has 0 saturated heterocycles. The van der Waals surface area contributed by atoms with Crippen LogP contribution in [0.3, 0.4) is 0 Å². The summed E-state index contributed by atoms with van der Waals surface area (Å²) in [6.45, 7) is 2.15. The molecule has 0 fully saturated rings. The van der Waals surface area contributed by atoms with Crippen molar-refractivity contribution in [1.29, 1.82) is 0 Å². The lowest BCUT2D eigenvalue weighted by atomic mass is 10.2. The van der Waals surface area contributed by atoms with Crippen LogP contribution in [-0.4, -0.2) is 18.5 Å². The number of nitrogens with one attached hydrogen (secondary N) is 1. The Bertz CT molecular complexity index is 348. The molecule has 0 heterocycles. The zero-order chi connectivity index (χ0) is 11.4. The summed E-state index contributed by atoms with van der Waals surface area (Å²) in [6, 6.07) is 3.91. The van der Waals surface area contributed by atoms with E-state index in [0.29, 0.717) is 11.0 Å². The van der Waals surface area contributed by atoms with E-state index in [1.807, 2.05) is 0 Å². The van der Waals surface area contributed by atoms with Crippen molar-refractivity contribution < 1.29 is 9.18 Å². The largest absolute Gasteiger partial charge is 0.350 e. The Morgan fingerprint density at radius 1 is 1.60 bits per heavy atom.